The van der Waals surface area contributed by atoms with E-state index < -0.39 is 10.0 Å². The number of nitrogens with one attached hydrogen (secondary N) is 2. The summed E-state index contributed by atoms with van der Waals surface area (Å²) in [5.74, 6) is -0.288. The van der Waals surface area contributed by atoms with Crippen LogP contribution in [0.15, 0.2) is 53.6 Å². The monoisotopic (exact) mass is 358 g/mol. The zero-order chi connectivity index (χ0) is 17.7. The second-order valence-corrected chi connectivity index (χ2v) is 8.58. The maximum absolute atomic E-state index is 13.6. The van der Waals surface area contributed by atoms with Crippen LogP contribution in [-0.4, -0.2) is 19.9 Å². The largest absolute Gasteiger partial charge is 0.361 e. The molecule has 2 aromatic carbocycles. The number of hydrogen-bond donors (Lipinski definition) is 2. The summed E-state index contributed by atoms with van der Waals surface area (Å²) in [6, 6.07) is 11.5. The maximum atomic E-state index is 13.6. The lowest BCUT2D eigenvalue weighted by Crippen LogP contribution is -2.32. The normalized spacial score (nSPS) is 16.2. The van der Waals surface area contributed by atoms with Crippen molar-refractivity contribution in [3.63, 3.8) is 0 Å². The summed E-state index contributed by atoms with van der Waals surface area (Å²) in [5, 5.41) is 0.826. The van der Waals surface area contributed by atoms with Crippen molar-refractivity contribution in [3.8, 4) is 0 Å². The predicted molar refractivity (Wildman–Crippen MR) is 95.5 cm³/mol. The smallest absolute Gasteiger partial charge is 0.240 e. The number of rotatable bonds is 5. The van der Waals surface area contributed by atoms with Crippen molar-refractivity contribution >= 4 is 20.9 Å². The molecule has 25 heavy (non-hydrogen) atoms. The van der Waals surface area contributed by atoms with Crippen LogP contribution in [0.3, 0.4) is 0 Å². The molecule has 0 unspecified atom stereocenters. The summed E-state index contributed by atoms with van der Waals surface area (Å²) in [4.78, 5) is 3.43. The molecule has 4 nitrogen and oxygen atoms in total. The van der Waals surface area contributed by atoms with Crippen LogP contribution in [0.25, 0.3) is 10.9 Å². The van der Waals surface area contributed by atoms with Gasteiger partial charge in [-0.05, 0) is 61.2 Å². The summed E-state index contributed by atoms with van der Waals surface area (Å²) in [5.41, 5.74) is 2.48. The number of hydrogen-bond acceptors (Lipinski definition) is 2. The van der Waals surface area contributed by atoms with Crippen LogP contribution in [0.5, 0.6) is 0 Å². The molecule has 2 N–H and O–H groups in total. The predicted octanol–water partition coefficient (Wildman–Crippen LogP) is 3.63. The molecular weight excluding hydrogens is 339 g/mol. The molecule has 4 rings (SSSR count). The summed E-state index contributed by atoms with van der Waals surface area (Å²) in [7, 11) is -3.56. The average molecular weight is 358 g/mol. The highest BCUT2D eigenvalue weighted by molar-refractivity contribution is 7.89. The first-order chi connectivity index (χ1) is 11.9. The first-order valence-electron chi connectivity index (χ1n) is 8.23. The van der Waals surface area contributed by atoms with Gasteiger partial charge in [-0.15, -0.1) is 0 Å². The first-order valence-corrected chi connectivity index (χ1v) is 9.71. The molecule has 0 amide bonds. The average Bonchev–Trinajstić information content (AvgIpc) is 3.25. The van der Waals surface area contributed by atoms with Crippen molar-refractivity contribution < 1.29 is 12.8 Å². The Morgan fingerprint density at radius 3 is 2.72 bits per heavy atom. The minimum absolute atomic E-state index is 0.261. The number of halogens is 1. The van der Waals surface area contributed by atoms with Crippen molar-refractivity contribution in [1.29, 1.82) is 0 Å². The highest BCUT2D eigenvalue weighted by Crippen LogP contribution is 2.50. The van der Waals surface area contributed by atoms with E-state index in [-0.39, 0.29) is 16.1 Å². The van der Waals surface area contributed by atoms with Crippen LogP contribution in [0.2, 0.25) is 0 Å². The van der Waals surface area contributed by atoms with Crippen molar-refractivity contribution in [2.75, 3.05) is 6.54 Å². The molecule has 0 aliphatic heterocycles. The van der Waals surface area contributed by atoms with E-state index in [0.717, 1.165) is 34.9 Å². The van der Waals surface area contributed by atoms with Crippen LogP contribution >= 0.6 is 0 Å². The molecule has 0 spiro atoms. The second-order valence-electron chi connectivity index (χ2n) is 6.81. The Morgan fingerprint density at radius 2 is 2.00 bits per heavy atom. The number of aryl methyl sites for hydroxylation is 1. The third-order valence-corrected chi connectivity index (χ3v) is 6.37. The van der Waals surface area contributed by atoms with E-state index in [1.165, 1.54) is 12.1 Å². The van der Waals surface area contributed by atoms with Gasteiger partial charge < -0.3 is 4.98 Å². The number of sulfonamides is 1. The van der Waals surface area contributed by atoms with Gasteiger partial charge in [-0.25, -0.2) is 17.5 Å². The van der Waals surface area contributed by atoms with E-state index in [9.17, 15) is 12.8 Å². The molecule has 1 aliphatic carbocycles. The molecule has 1 aliphatic rings. The number of aromatic nitrogens is 1. The van der Waals surface area contributed by atoms with Gasteiger partial charge in [0.2, 0.25) is 10.0 Å². The Bertz CT molecular complexity index is 1050. The highest BCUT2D eigenvalue weighted by atomic mass is 32.2. The Labute approximate surface area is 146 Å². The first kappa shape index (κ1) is 16.3. The van der Waals surface area contributed by atoms with Gasteiger partial charge in [0.05, 0.1) is 4.90 Å². The van der Waals surface area contributed by atoms with Crippen molar-refractivity contribution in [2.45, 2.75) is 30.1 Å². The number of fused-ring (bicyclic) bond motifs is 1. The fraction of sp³-hybridized carbons (Fsp3) is 0.263. The van der Waals surface area contributed by atoms with Crippen LogP contribution in [0, 0.1) is 12.7 Å². The summed E-state index contributed by atoms with van der Waals surface area (Å²) < 4.78 is 41.5. The summed E-state index contributed by atoms with van der Waals surface area (Å²) in [6.07, 6.45) is 3.64. The van der Waals surface area contributed by atoms with Gasteiger partial charge in [0.15, 0.2) is 0 Å². The third kappa shape index (κ3) is 2.96. The molecule has 1 saturated carbocycles. The second kappa shape index (κ2) is 5.68. The van der Waals surface area contributed by atoms with E-state index in [1.807, 2.05) is 19.2 Å². The SMILES string of the molecule is Cc1cccc(S(=O)(=O)NCC2(c3c[nH]c4ccc(F)cc34)CC2)c1. The lowest BCUT2D eigenvalue weighted by atomic mass is 9.96. The molecule has 0 bridgehead atoms. The van der Waals surface area contributed by atoms with Crippen molar-refractivity contribution in [1.82, 2.24) is 9.71 Å². The van der Waals surface area contributed by atoms with E-state index in [1.54, 1.807) is 24.3 Å². The minimum atomic E-state index is -3.56. The third-order valence-electron chi connectivity index (χ3n) is 4.97. The van der Waals surface area contributed by atoms with Gasteiger partial charge in [0.25, 0.3) is 0 Å². The number of H-pyrrole nitrogens is 1. The van der Waals surface area contributed by atoms with E-state index in [0.29, 0.717) is 6.54 Å². The molecule has 130 valence electrons. The van der Waals surface area contributed by atoms with E-state index in [2.05, 4.69) is 9.71 Å². The van der Waals surface area contributed by atoms with Crippen molar-refractivity contribution in [3.05, 3.63) is 65.6 Å². The van der Waals surface area contributed by atoms with Crippen LogP contribution in [0.1, 0.15) is 24.0 Å². The Hall–Kier alpha value is -2.18. The fourth-order valence-corrected chi connectivity index (χ4v) is 4.55. The molecule has 0 atom stereocenters. The Balaban J connectivity index is 1.61. The standard InChI is InChI=1S/C19H19FN2O2S/c1-13-3-2-4-15(9-13)25(23,24)22-12-19(7-8-19)17-11-21-18-6-5-14(20)10-16(17)18/h2-6,9-11,21-22H,7-8,12H2,1H3. The summed E-state index contributed by atoms with van der Waals surface area (Å²) in [6.45, 7) is 2.18. The molecule has 6 heteroatoms. The van der Waals surface area contributed by atoms with Crippen LogP contribution in [0.4, 0.5) is 4.39 Å². The maximum Gasteiger partial charge on any atom is 0.240 e. The van der Waals surface area contributed by atoms with Gasteiger partial charge in [-0.1, -0.05) is 12.1 Å². The molecule has 0 saturated heterocycles. The van der Waals surface area contributed by atoms with E-state index >= 15 is 0 Å². The fourth-order valence-electron chi connectivity index (χ4n) is 3.32. The molecule has 0 radical (unpaired) electrons. The highest BCUT2D eigenvalue weighted by Gasteiger charge is 2.46. The number of aromatic amines is 1. The van der Waals surface area contributed by atoms with E-state index in [4.69, 9.17) is 0 Å². The Kier molecular flexibility index (Phi) is 3.70. The van der Waals surface area contributed by atoms with Crippen molar-refractivity contribution in [2.24, 2.45) is 0 Å². The molecule has 1 fully saturated rings. The van der Waals surface area contributed by atoms with Gasteiger partial charge in [-0.3, -0.25) is 0 Å². The molecule has 1 heterocycles. The van der Waals surface area contributed by atoms with Gasteiger partial charge >= 0.3 is 0 Å². The zero-order valence-electron chi connectivity index (χ0n) is 13.8. The lowest BCUT2D eigenvalue weighted by molar-refractivity contribution is 0.567. The zero-order valence-corrected chi connectivity index (χ0v) is 14.7. The lowest BCUT2D eigenvalue weighted by Gasteiger charge is -2.16. The molecular formula is C19H19FN2O2S. The quantitative estimate of drug-likeness (QED) is 0.732. The Morgan fingerprint density at radius 1 is 1.20 bits per heavy atom. The number of benzene rings is 2. The van der Waals surface area contributed by atoms with Gasteiger partial charge in [-0.2, -0.15) is 0 Å². The molecule has 1 aromatic heterocycles. The van der Waals surface area contributed by atoms with Gasteiger partial charge in [0.1, 0.15) is 5.82 Å². The minimum Gasteiger partial charge on any atom is -0.361 e. The molecule has 3 aromatic rings. The van der Waals surface area contributed by atoms with Gasteiger partial charge in [0, 0.05) is 29.1 Å². The topological polar surface area (TPSA) is 62.0 Å². The summed E-state index contributed by atoms with van der Waals surface area (Å²) >= 11 is 0. The van der Waals surface area contributed by atoms with Crippen LogP contribution in [-0.2, 0) is 15.4 Å². The van der Waals surface area contributed by atoms with Crippen LogP contribution < -0.4 is 4.72 Å².